The summed E-state index contributed by atoms with van der Waals surface area (Å²) >= 11 is 0. The molecule has 1 unspecified atom stereocenters. The molecule has 1 saturated carbocycles. The van der Waals surface area contributed by atoms with Crippen molar-refractivity contribution >= 4 is 28.6 Å². The van der Waals surface area contributed by atoms with E-state index >= 15 is 0 Å². The van der Waals surface area contributed by atoms with Gasteiger partial charge in [-0.2, -0.15) is 5.10 Å². The number of aromatic amines is 1. The molecule has 156 valence electrons. The van der Waals surface area contributed by atoms with Crippen LogP contribution < -0.4 is 16.0 Å². The van der Waals surface area contributed by atoms with Gasteiger partial charge in [0, 0.05) is 18.8 Å². The topological polar surface area (TPSA) is 94.7 Å². The number of rotatable bonds is 7. The van der Waals surface area contributed by atoms with Gasteiger partial charge in [-0.1, -0.05) is 42.5 Å². The molecule has 7 nitrogen and oxygen atoms in total. The molecule has 3 aromatic rings. The Hall–Kier alpha value is -3.35. The molecule has 1 fully saturated rings. The van der Waals surface area contributed by atoms with Crippen molar-refractivity contribution in [3.63, 3.8) is 0 Å². The summed E-state index contributed by atoms with van der Waals surface area (Å²) in [6.45, 7) is 8.98. The Morgan fingerprint density at radius 3 is 2.80 bits per heavy atom. The highest BCUT2D eigenvalue weighted by atomic mass is 16.2. The molecule has 7 heteroatoms. The summed E-state index contributed by atoms with van der Waals surface area (Å²) < 4.78 is 0. The molecule has 4 rings (SSSR count). The predicted molar refractivity (Wildman–Crippen MR) is 120 cm³/mol. The highest BCUT2D eigenvalue weighted by Crippen LogP contribution is 2.38. The van der Waals surface area contributed by atoms with Gasteiger partial charge in [-0.05, 0) is 44.1 Å². The third-order valence-corrected chi connectivity index (χ3v) is 5.83. The third kappa shape index (κ3) is 4.45. The fourth-order valence-corrected chi connectivity index (χ4v) is 3.84. The number of H-pyrrole nitrogens is 1. The quantitative estimate of drug-likeness (QED) is 0.423. The summed E-state index contributed by atoms with van der Waals surface area (Å²) in [7, 11) is 0. The van der Waals surface area contributed by atoms with Crippen LogP contribution in [-0.2, 0) is 0 Å². The van der Waals surface area contributed by atoms with E-state index in [4.69, 9.17) is 0 Å². The van der Waals surface area contributed by atoms with Crippen molar-refractivity contribution in [1.29, 1.82) is 0 Å². The van der Waals surface area contributed by atoms with Gasteiger partial charge in [-0.15, -0.1) is 0 Å². The lowest BCUT2D eigenvalue weighted by Crippen LogP contribution is -2.31. The minimum absolute atomic E-state index is 0.103. The van der Waals surface area contributed by atoms with Crippen LogP contribution in [0.15, 0.2) is 54.7 Å². The maximum atomic E-state index is 12.3. The van der Waals surface area contributed by atoms with E-state index in [2.05, 4.69) is 44.6 Å². The molecule has 1 aliphatic rings. The Labute approximate surface area is 176 Å². The number of aromatic nitrogens is 3. The number of urea groups is 1. The van der Waals surface area contributed by atoms with Crippen LogP contribution in [0.1, 0.15) is 38.3 Å². The SMILES string of the molecule is C=C(C)C1CC(CNc2n[nH]c3cc(NC(=O)NC(C)c4ccccc4)ncc23)C1. The molecule has 2 amide bonds. The van der Waals surface area contributed by atoms with Crippen LogP contribution in [0.25, 0.3) is 10.9 Å². The van der Waals surface area contributed by atoms with E-state index < -0.39 is 0 Å². The molecule has 2 heterocycles. The fraction of sp³-hybridized carbons (Fsp3) is 0.348. The monoisotopic (exact) mass is 404 g/mol. The summed E-state index contributed by atoms with van der Waals surface area (Å²) in [5, 5.41) is 17.4. The number of benzene rings is 1. The molecule has 1 aliphatic carbocycles. The number of nitrogens with zero attached hydrogens (tertiary/aromatic N) is 2. The number of nitrogens with one attached hydrogen (secondary N) is 4. The number of pyridine rings is 1. The van der Waals surface area contributed by atoms with Crippen molar-refractivity contribution in [3.05, 3.63) is 60.3 Å². The predicted octanol–water partition coefficient (Wildman–Crippen LogP) is 4.85. The first-order valence-electron chi connectivity index (χ1n) is 10.4. The number of hydrogen-bond acceptors (Lipinski definition) is 4. The standard InChI is InChI=1S/C23H28N6O/c1-14(2)18-9-16(10-18)12-25-22-19-13-24-21(11-20(19)28-29-22)27-23(30)26-15(3)17-7-5-4-6-8-17/h4-8,11,13,15-16,18H,1,9-10,12H2,2-3H3,(H2,25,28,29)(H2,24,26,27,30). The average Bonchev–Trinajstić information content (AvgIpc) is 3.09. The van der Waals surface area contributed by atoms with E-state index in [-0.39, 0.29) is 12.1 Å². The van der Waals surface area contributed by atoms with Gasteiger partial charge in [-0.25, -0.2) is 9.78 Å². The summed E-state index contributed by atoms with van der Waals surface area (Å²) in [6, 6.07) is 11.2. The fourth-order valence-electron chi connectivity index (χ4n) is 3.84. The Morgan fingerprint density at radius 2 is 2.07 bits per heavy atom. The van der Waals surface area contributed by atoms with Gasteiger partial charge in [0.25, 0.3) is 0 Å². The molecule has 0 saturated heterocycles. The molecule has 1 aromatic carbocycles. The zero-order valence-electron chi connectivity index (χ0n) is 17.4. The molecule has 0 aliphatic heterocycles. The maximum absolute atomic E-state index is 12.3. The highest BCUT2D eigenvalue weighted by molar-refractivity contribution is 5.94. The summed E-state index contributed by atoms with van der Waals surface area (Å²) in [5.41, 5.74) is 3.15. The van der Waals surface area contributed by atoms with Gasteiger partial charge < -0.3 is 10.6 Å². The second-order valence-corrected chi connectivity index (χ2v) is 8.18. The third-order valence-electron chi connectivity index (χ3n) is 5.83. The Balaban J connectivity index is 1.33. The molecule has 0 spiro atoms. The highest BCUT2D eigenvalue weighted by Gasteiger charge is 2.29. The zero-order chi connectivity index (χ0) is 21.1. The molecule has 0 bridgehead atoms. The smallest absolute Gasteiger partial charge is 0.320 e. The van der Waals surface area contributed by atoms with Gasteiger partial charge in [0.15, 0.2) is 5.82 Å². The van der Waals surface area contributed by atoms with Crippen LogP contribution in [0.2, 0.25) is 0 Å². The number of carbonyl (C=O) groups excluding carboxylic acids is 1. The largest absolute Gasteiger partial charge is 0.368 e. The summed E-state index contributed by atoms with van der Waals surface area (Å²) in [5.74, 6) is 2.59. The van der Waals surface area contributed by atoms with Crippen LogP contribution in [0, 0.1) is 11.8 Å². The lowest BCUT2D eigenvalue weighted by atomic mass is 9.72. The van der Waals surface area contributed by atoms with E-state index in [1.807, 2.05) is 37.3 Å². The van der Waals surface area contributed by atoms with Crippen molar-refractivity contribution in [3.8, 4) is 0 Å². The number of carbonyl (C=O) groups is 1. The van der Waals surface area contributed by atoms with E-state index in [0.717, 1.165) is 28.8 Å². The van der Waals surface area contributed by atoms with E-state index in [1.54, 1.807) is 12.3 Å². The van der Waals surface area contributed by atoms with Gasteiger partial charge in [0.1, 0.15) is 5.82 Å². The summed E-state index contributed by atoms with van der Waals surface area (Å²) in [6.07, 6.45) is 4.11. The molecular weight excluding hydrogens is 376 g/mol. The van der Waals surface area contributed by atoms with Crippen molar-refractivity contribution in [1.82, 2.24) is 20.5 Å². The van der Waals surface area contributed by atoms with Crippen molar-refractivity contribution in [2.45, 2.75) is 32.7 Å². The Bertz CT molecular complexity index is 1040. The van der Waals surface area contributed by atoms with Gasteiger partial charge >= 0.3 is 6.03 Å². The lowest BCUT2D eigenvalue weighted by molar-refractivity contribution is 0.241. The van der Waals surface area contributed by atoms with Gasteiger partial charge in [0.2, 0.25) is 0 Å². The first kappa shape index (κ1) is 19.9. The first-order chi connectivity index (χ1) is 14.5. The minimum atomic E-state index is -0.298. The van der Waals surface area contributed by atoms with Crippen molar-refractivity contribution in [2.24, 2.45) is 11.8 Å². The van der Waals surface area contributed by atoms with Crippen LogP contribution in [0.3, 0.4) is 0 Å². The van der Waals surface area contributed by atoms with Crippen molar-refractivity contribution < 1.29 is 4.79 Å². The molecular formula is C23H28N6O. The molecule has 0 radical (unpaired) electrons. The number of allylic oxidation sites excluding steroid dienone is 1. The zero-order valence-corrected chi connectivity index (χ0v) is 17.4. The van der Waals surface area contributed by atoms with Gasteiger partial charge in [0.05, 0.1) is 16.9 Å². The van der Waals surface area contributed by atoms with Crippen LogP contribution in [0.4, 0.5) is 16.4 Å². The molecule has 30 heavy (non-hydrogen) atoms. The average molecular weight is 405 g/mol. The second-order valence-electron chi connectivity index (χ2n) is 8.18. The minimum Gasteiger partial charge on any atom is -0.368 e. The normalized spacial score (nSPS) is 19.0. The molecule has 2 aromatic heterocycles. The maximum Gasteiger partial charge on any atom is 0.320 e. The summed E-state index contributed by atoms with van der Waals surface area (Å²) in [4.78, 5) is 16.7. The number of amides is 2. The van der Waals surface area contributed by atoms with E-state index in [0.29, 0.717) is 17.7 Å². The number of fused-ring (bicyclic) bond motifs is 1. The van der Waals surface area contributed by atoms with Gasteiger partial charge in [-0.3, -0.25) is 10.4 Å². The lowest BCUT2D eigenvalue weighted by Gasteiger charge is -2.35. The number of anilines is 2. The van der Waals surface area contributed by atoms with Crippen LogP contribution in [-0.4, -0.2) is 27.8 Å². The van der Waals surface area contributed by atoms with E-state index in [9.17, 15) is 4.79 Å². The molecule has 4 N–H and O–H groups in total. The van der Waals surface area contributed by atoms with E-state index in [1.165, 1.54) is 18.4 Å². The Morgan fingerprint density at radius 1 is 1.30 bits per heavy atom. The Kier molecular flexibility index (Phi) is 5.70. The second kappa shape index (κ2) is 8.57. The van der Waals surface area contributed by atoms with Crippen LogP contribution >= 0.6 is 0 Å². The first-order valence-corrected chi connectivity index (χ1v) is 10.4. The van der Waals surface area contributed by atoms with Crippen LogP contribution in [0.5, 0.6) is 0 Å². The molecule has 1 atom stereocenters. The van der Waals surface area contributed by atoms with Crippen molar-refractivity contribution in [2.75, 3.05) is 17.2 Å². The number of hydrogen-bond donors (Lipinski definition) is 4.